The second kappa shape index (κ2) is 9.37. The van der Waals surface area contributed by atoms with Crippen molar-refractivity contribution < 1.29 is 17.9 Å². The molecule has 1 atom stereocenters. The summed E-state index contributed by atoms with van der Waals surface area (Å²) in [6.45, 7) is 4.55. The zero-order valence-electron chi connectivity index (χ0n) is 20.1. The van der Waals surface area contributed by atoms with Crippen LogP contribution in [0.25, 0.3) is 11.3 Å². The predicted molar refractivity (Wildman–Crippen MR) is 136 cm³/mol. The number of amides is 1. The molecule has 35 heavy (non-hydrogen) atoms. The van der Waals surface area contributed by atoms with Crippen LogP contribution in [0.5, 0.6) is 5.75 Å². The van der Waals surface area contributed by atoms with Gasteiger partial charge >= 0.3 is 0 Å². The number of methoxy groups -OCH3 is 1. The molecule has 2 aromatic carbocycles. The minimum absolute atomic E-state index is 0.0543. The van der Waals surface area contributed by atoms with Crippen molar-refractivity contribution in [2.75, 3.05) is 49.7 Å². The van der Waals surface area contributed by atoms with Crippen LogP contribution in [0.15, 0.2) is 54.6 Å². The monoisotopic (exact) mass is 494 g/mol. The molecule has 1 unspecified atom stereocenters. The van der Waals surface area contributed by atoms with E-state index in [0.29, 0.717) is 38.3 Å². The Balaban J connectivity index is 1.38. The molecule has 0 saturated carbocycles. The number of ether oxygens (including phenoxy) is 1. The lowest BCUT2D eigenvalue weighted by Crippen LogP contribution is -2.49. The van der Waals surface area contributed by atoms with E-state index in [-0.39, 0.29) is 23.5 Å². The summed E-state index contributed by atoms with van der Waals surface area (Å²) in [6.07, 6.45) is 0.508. The number of hydrogen-bond acceptors (Lipinski definition) is 6. The number of rotatable bonds is 5. The molecule has 1 aromatic heterocycles. The highest BCUT2D eigenvalue weighted by Crippen LogP contribution is 2.31. The Labute approximate surface area is 206 Å². The summed E-state index contributed by atoms with van der Waals surface area (Å²) in [6, 6.07) is 17.4. The van der Waals surface area contributed by atoms with E-state index in [1.54, 1.807) is 11.8 Å². The van der Waals surface area contributed by atoms with Crippen LogP contribution in [0.4, 0.5) is 5.69 Å². The average Bonchev–Trinajstić information content (AvgIpc) is 3.47. The van der Waals surface area contributed by atoms with Gasteiger partial charge in [-0.2, -0.15) is 5.10 Å². The summed E-state index contributed by atoms with van der Waals surface area (Å²) >= 11 is 0. The molecule has 2 aliphatic rings. The van der Waals surface area contributed by atoms with Crippen molar-refractivity contribution in [1.82, 2.24) is 14.7 Å². The smallest absolute Gasteiger partial charge is 0.274 e. The van der Waals surface area contributed by atoms with Crippen molar-refractivity contribution in [2.24, 2.45) is 0 Å². The summed E-state index contributed by atoms with van der Waals surface area (Å²) in [5.41, 5.74) is 4.22. The Bertz CT molecular complexity index is 1330. The normalized spacial score (nSPS) is 19.7. The maximum Gasteiger partial charge on any atom is 0.274 e. The number of carbonyl (C=O) groups excluding carboxylic acids is 1. The van der Waals surface area contributed by atoms with E-state index < -0.39 is 9.84 Å². The third-order valence-electron chi connectivity index (χ3n) is 6.85. The minimum atomic E-state index is -3.09. The van der Waals surface area contributed by atoms with Gasteiger partial charge in [-0.3, -0.25) is 9.48 Å². The zero-order valence-corrected chi connectivity index (χ0v) is 20.9. The van der Waals surface area contributed by atoms with Crippen LogP contribution >= 0.6 is 0 Å². The number of sulfone groups is 1. The predicted octanol–water partition coefficient (Wildman–Crippen LogP) is 3.19. The molecule has 2 saturated heterocycles. The number of para-hydroxylation sites is 2. The largest absolute Gasteiger partial charge is 0.495 e. The molecule has 0 N–H and O–H groups in total. The number of piperazine rings is 1. The number of aromatic nitrogens is 2. The van der Waals surface area contributed by atoms with Gasteiger partial charge in [-0.25, -0.2) is 8.42 Å². The quantitative estimate of drug-likeness (QED) is 0.542. The number of benzene rings is 2. The van der Waals surface area contributed by atoms with Gasteiger partial charge in [0.15, 0.2) is 15.5 Å². The van der Waals surface area contributed by atoms with Crippen LogP contribution in [0, 0.1) is 6.92 Å². The Morgan fingerprint density at radius 2 is 1.74 bits per heavy atom. The molecule has 0 spiro atoms. The number of carbonyl (C=O) groups is 1. The molecule has 0 aliphatic carbocycles. The molecule has 2 fully saturated rings. The first-order chi connectivity index (χ1) is 16.8. The number of anilines is 1. The van der Waals surface area contributed by atoms with Crippen molar-refractivity contribution in [3.8, 4) is 17.0 Å². The zero-order chi connectivity index (χ0) is 24.6. The lowest BCUT2D eigenvalue weighted by molar-refractivity contribution is 0.0739. The van der Waals surface area contributed by atoms with Crippen LogP contribution in [-0.2, 0) is 9.84 Å². The van der Waals surface area contributed by atoms with Gasteiger partial charge in [0, 0.05) is 26.2 Å². The van der Waals surface area contributed by atoms with Gasteiger partial charge in [0.2, 0.25) is 0 Å². The number of nitrogens with zero attached hydrogens (tertiary/aromatic N) is 4. The van der Waals surface area contributed by atoms with Crippen LogP contribution in [0.1, 0.15) is 28.5 Å². The molecule has 2 aliphatic heterocycles. The maximum absolute atomic E-state index is 13.4. The average molecular weight is 495 g/mol. The lowest BCUT2D eigenvalue weighted by atomic mass is 10.1. The van der Waals surface area contributed by atoms with Gasteiger partial charge < -0.3 is 14.5 Å². The van der Waals surface area contributed by atoms with Crippen LogP contribution in [-0.4, -0.2) is 73.8 Å². The molecule has 184 valence electrons. The van der Waals surface area contributed by atoms with Crippen molar-refractivity contribution in [3.63, 3.8) is 0 Å². The van der Waals surface area contributed by atoms with E-state index in [4.69, 9.17) is 4.74 Å². The van der Waals surface area contributed by atoms with Crippen molar-refractivity contribution >= 4 is 21.4 Å². The molecular formula is C26H30N4O4S. The second-order valence-electron chi connectivity index (χ2n) is 9.23. The Kier molecular flexibility index (Phi) is 6.27. The maximum atomic E-state index is 13.4. The molecule has 8 nitrogen and oxygen atoms in total. The van der Waals surface area contributed by atoms with Crippen LogP contribution in [0.2, 0.25) is 0 Å². The van der Waals surface area contributed by atoms with Crippen molar-refractivity contribution in [3.05, 3.63) is 65.9 Å². The van der Waals surface area contributed by atoms with E-state index in [0.717, 1.165) is 28.3 Å². The third-order valence-corrected chi connectivity index (χ3v) is 8.60. The molecule has 9 heteroatoms. The van der Waals surface area contributed by atoms with Crippen molar-refractivity contribution in [1.29, 1.82) is 0 Å². The molecule has 0 bridgehead atoms. The van der Waals surface area contributed by atoms with Gasteiger partial charge in [0.1, 0.15) is 5.75 Å². The van der Waals surface area contributed by atoms with Gasteiger partial charge in [-0.05, 0) is 37.1 Å². The minimum Gasteiger partial charge on any atom is -0.495 e. The summed E-state index contributed by atoms with van der Waals surface area (Å²) in [5, 5.41) is 4.66. The Hall–Kier alpha value is -3.33. The topological polar surface area (TPSA) is 84.7 Å². The lowest BCUT2D eigenvalue weighted by Gasteiger charge is -2.36. The van der Waals surface area contributed by atoms with E-state index in [9.17, 15) is 13.2 Å². The fourth-order valence-corrected chi connectivity index (χ4v) is 6.58. The van der Waals surface area contributed by atoms with Gasteiger partial charge in [0.25, 0.3) is 5.91 Å². The van der Waals surface area contributed by atoms with Gasteiger partial charge in [-0.1, -0.05) is 42.0 Å². The standard InChI is InChI=1S/C26H30N4O4S/c1-19-7-9-20(10-8-19)24-17-22(27-30(24)21-11-16-35(32,33)18-21)26(31)29-14-12-28(13-15-29)23-5-3-4-6-25(23)34-2/h3-10,17,21H,11-16,18H2,1-2H3. The highest BCUT2D eigenvalue weighted by atomic mass is 32.2. The molecule has 3 aromatic rings. The fraction of sp³-hybridized carbons (Fsp3) is 0.385. The van der Waals surface area contributed by atoms with Gasteiger partial charge in [0.05, 0.1) is 36.0 Å². The van der Waals surface area contributed by atoms with Crippen LogP contribution in [0.3, 0.4) is 0 Å². The summed E-state index contributed by atoms with van der Waals surface area (Å²) in [4.78, 5) is 17.5. The summed E-state index contributed by atoms with van der Waals surface area (Å²) < 4.78 is 31.6. The first-order valence-corrected chi connectivity index (χ1v) is 13.7. The first kappa shape index (κ1) is 23.4. The van der Waals surface area contributed by atoms with E-state index >= 15 is 0 Å². The van der Waals surface area contributed by atoms with E-state index in [1.807, 2.05) is 66.4 Å². The number of aryl methyl sites for hydroxylation is 1. The molecule has 3 heterocycles. The van der Waals surface area contributed by atoms with Crippen LogP contribution < -0.4 is 9.64 Å². The molecule has 0 radical (unpaired) electrons. The Morgan fingerprint density at radius 1 is 1.03 bits per heavy atom. The molecular weight excluding hydrogens is 464 g/mol. The second-order valence-corrected chi connectivity index (χ2v) is 11.5. The SMILES string of the molecule is COc1ccccc1N1CCN(C(=O)c2cc(-c3ccc(C)cc3)n(C3CCS(=O)(=O)C3)n2)CC1. The van der Waals surface area contributed by atoms with Crippen molar-refractivity contribution in [2.45, 2.75) is 19.4 Å². The van der Waals surface area contributed by atoms with E-state index in [1.165, 1.54) is 0 Å². The highest BCUT2D eigenvalue weighted by Gasteiger charge is 2.33. The molecule has 1 amide bonds. The highest BCUT2D eigenvalue weighted by molar-refractivity contribution is 7.91. The summed E-state index contributed by atoms with van der Waals surface area (Å²) in [7, 11) is -1.43. The third kappa shape index (κ3) is 4.77. The van der Waals surface area contributed by atoms with Gasteiger partial charge in [-0.15, -0.1) is 0 Å². The first-order valence-electron chi connectivity index (χ1n) is 11.9. The van der Waals surface area contributed by atoms with E-state index in [2.05, 4.69) is 10.00 Å². The fourth-order valence-electron chi connectivity index (χ4n) is 4.89. The number of hydrogen-bond donors (Lipinski definition) is 0. The Morgan fingerprint density at radius 3 is 2.40 bits per heavy atom. The molecule has 5 rings (SSSR count). The summed E-state index contributed by atoms with van der Waals surface area (Å²) in [5.74, 6) is 0.899.